The third-order valence-corrected chi connectivity index (χ3v) is 4.04. The fraction of sp³-hybridized carbons (Fsp3) is 0.350. The molecule has 25 heavy (non-hydrogen) atoms. The number of ether oxygens (including phenoxy) is 3. The van der Waals surface area contributed by atoms with Crippen LogP contribution in [-0.4, -0.2) is 18.8 Å². The minimum atomic E-state index is -0.620. The molecule has 1 aliphatic rings. The van der Waals surface area contributed by atoms with Crippen molar-refractivity contribution < 1.29 is 19.0 Å². The van der Waals surface area contributed by atoms with Gasteiger partial charge in [-0.1, -0.05) is 32.9 Å². The van der Waals surface area contributed by atoms with E-state index < -0.39 is 6.10 Å². The SMILES string of the molecule is C[C@@H](Oc1ccc(C(C)(C)C)cc1)C(=O)Nc1ccc2c(c1)OCO2. The molecule has 0 aliphatic carbocycles. The van der Waals surface area contributed by atoms with Gasteiger partial charge in [-0.3, -0.25) is 4.79 Å². The van der Waals surface area contributed by atoms with Crippen LogP contribution in [0.25, 0.3) is 0 Å². The zero-order valence-electron chi connectivity index (χ0n) is 15.0. The van der Waals surface area contributed by atoms with Crippen LogP contribution >= 0.6 is 0 Å². The Bertz CT molecular complexity index is 762. The second-order valence-corrected chi connectivity index (χ2v) is 7.09. The van der Waals surface area contributed by atoms with Gasteiger partial charge in [0.1, 0.15) is 5.75 Å². The maximum atomic E-state index is 12.3. The summed E-state index contributed by atoms with van der Waals surface area (Å²) in [5.74, 6) is 1.76. The van der Waals surface area contributed by atoms with Gasteiger partial charge in [0.25, 0.3) is 5.91 Å². The average Bonchev–Trinajstić information content (AvgIpc) is 3.02. The molecular weight excluding hydrogens is 318 g/mol. The number of hydrogen-bond donors (Lipinski definition) is 1. The molecule has 2 aromatic carbocycles. The smallest absolute Gasteiger partial charge is 0.265 e. The van der Waals surface area contributed by atoms with Crippen molar-refractivity contribution in [3.05, 3.63) is 48.0 Å². The number of carbonyl (C=O) groups is 1. The van der Waals surface area contributed by atoms with Crippen LogP contribution in [0.1, 0.15) is 33.3 Å². The topological polar surface area (TPSA) is 56.8 Å². The summed E-state index contributed by atoms with van der Waals surface area (Å²) in [6.07, 6.45) is -0.620. The van der Waals surface area contributed by atoms with Crippen LogP contribution in [0.4, 0.5) is 5.69 Å². The molecule has 0 spiro atoms. The van der Waals surface area contributed by atoms with Gasteiger partial charge in [-0.05, 0) is 42.2 Å². The third-order valence-electron chi connectivity index (χ3n) is 4.04. The summed E-state index contributed by atoms with van der Waals surface area (Å²) in [5.41, 5.74) is 1.95. The largest absolute Gasteiger partial charge is 0.481 e. The Labute approximate surface area is 147 Å². The zero-order chi connectivity index (χ0) is 18.0. The normalized spacial score (nSPS) is 14.1. The first-order chi connectivity index (χ1) is 11.8. The van der Waals surface area contributed by atoms with Gasteiger partial charge in [-0.2, -0.15) is 0 Å². The van der Waals surface area contributed by atoms with Gasteiger partial charge >= 0.3 is 0 Å². The van der Waals surface area contributed by atoms with Crippen molar-refractivity contribution in [2.45, 2.75) is 39.2 Å². The van der Waals surface area contributed by atoms with Crippen LogP contribution in [0.5, 0.6) is 17.2 Å². The van der Waals surface area contributed by atoms with E-state index in [-0.39, 0.29) is 18.1 Å². The molecule has 3 rings (SSSR count). The number of amides is 1. The fourth-order valence-electron chi connectivity index (χ4n) is 2.51. The maximum absolute atomic E-state index is 12.3. The van der Waals surface area contributed by atoms with Crippen molar-refractivity contribution in [3.8, 4) is 17.2 Å². The summed E-state index contributed by atoms with van der Waals surface area (Å²) < 4.78 is 16.3. The van der Waals surface area contributed by atoms with Crippen LogP contribution in [0.2, 0.25) is 0 Å². The number of benzene rings is 2. The number of nitrogens with one attached hydrogen (secondary N) is 1. The number of rotatable bonds is 4. The zero-order valence-corrected chi connectivity index (χ0v) is 15.0. The Morgan fingerprint density at radius 3 is 2.44 bits per heavy atom. The van der Waals surface area contributed by atoms with Crippen LogP contribution in [0.3, 0.4) is 0 Å². The summed E-state index contributed by atoms with van der Waals surface area (Å²) in [4.78, 5) is 12.3. The summed E-state index contributed by atoms with van der Waals surface area (Å²) in [5, 5.41) is 2.83. The lowest BCUT2D eigenvalue weighted by Gasteiger charge is -2.20. The lowest BCUT2D eigenvalue weighted by Crippen LogP contribution is -2.30. The first kappa shape index (κ1) is 17.1. The monoisotopic (exact) mass is 341 g/mol. The first-order valence-electron chi connectivity index (χ1n) is 8.30. The number of anilines is 1. The first-order valence-corrected chi connectivity index (χ1v) is 8.30. The van der Waals surface area contributed by atoms with Gasteiger partial charge in [-0.25, -0.2) is 0 Å². The van der Waals surface area contributed by atoms with E-state index in [1.165, 1.54) is 5.56 Å². The number of hydrogen-bond acceptors (Lipinski definition) is 4. The lowest BCUT2D eigenvalue weighted by molar-refractivity contribution is -0.122. The van der Waals surface area contributed by atoms with Crippen LogP contribution in [-0.2, 0) is 10.2 Å². The molecule has 5 nitrogen and oxygen atoms in total. The Hall–Kier alpha value is -2.69. The molecule has 0 aromatic heterocycles. The molecule has 1 aliphatic heterocycles. The highest BCUT2D eigenvalue weighted by Gasteiger charge is 2.18. The minimum absolute atomic E-state index is 0.0842. The molecule has 5 heteroatoms. The van der Waals surface area contributed by atoms with Gasteiger partial charge < -0.3 is 19.5 Å². The summed E-state index contributed by atoms with van der Waals surface area (Å²) in [6, 6.07) is 13.1. The van der Waals surface area contributed by atoms with Gasteiger partial charge in [0.15, 0.2) is 17.6 Å². The Morgan fingerprint density at radius 1 is 1.08 bits per heavy atom. The Balaban J connectivity index is 1.61. The van der Waals surface area contributed by atoms with E-state index in [1.54, 1.807) is 25.1 Å². The summed E-state index contributed by atoms with van der Waals surface area (Å²) >= 11 is 0. The molecule has 0 unspecified atom stereocenters. The van der Waals surface area contributed by atoms with Crippen molar-refractivity contribution in [2.75, 3.05) is 12.1 Å². The molecule has 1 atom stereocenters. The molecule has 132 valence electrons. The van der Waals surface area contributed by atoms with Crippen LogP contribution in [0, 0.1) is 0 Å². The Kier molecular flexibility index (Phi) is 4.57. The van der Waals surface area contributed by atoms with Crippen molar-refractivity contribution >= 4 is 11.6 Å². The highest BCUT2D eigenvalue weighted by atomic mass is 16.7. The molecule has 2 aromatic rings. The van der Waals surface area contributed by atoms with Crippen molar-refractivity contribution in [3.63, 3.8) is 0 Å². The van der Waals surface area contributed by atoms with Gasteiger partial charge in [0, 0.05) is 11.8 Å². The van der Waals surface area contributed by atoms with Crippen molar-refractivity contribution in [1.29, 1.82) is 0 Å². The number of fused-ring (bicyclic) bond motifs is 1. The van der Waals surface area contributed by atoms with Gasteiger partial charge in [0.05, 0.1) is 0 Å². The predicted molar refractivity (Wildman–Crippen MR) is 96.4 cm³/mol. The highest BCUT2D eigenvalue weighted by molar-refractivity contribution is 5.94. The molecule has 0 radical (unpaired) electrons. The Morgan fingerprint density at radius 2 is 1.76 bits per heavy atom. The molecule has 0 saturated carbocycles. The fourth-order valence-corrected chi connectivity index (χ4v) is 2.51. The quantitative estimate of drug-likeness (QED) is 0.909. The van der Waals surface area contributed by atoms with E-state index in [2.05, 4.69) is 26.1 Å². The highest BCUT2D eigenvalue weighted by Crippen LogP contribution is 2.34. The van der Waals surface area contributed by atoms with Crippen LogP contribution in [0.15, 0.2) is 42.5 Å². The summed E-state index contributed by atoms with van der Waals surface area (Å²) in [6.45, 7) is 8.40. The molecule has 0 fully saturated rings. The second-order valence-electron chi connectivity index (χ2n) is 7.09. The van der Waals surface area contributed by atoms with E-state index >= 15 is 0 Å². The standard InChI is InChI=1S/C20H23NO4/c1-13(25-16-8-5-14(6-9-16)20(2,3)4)19(22)21-15-7-10-17-18(11-15)24-12-23-17/h5-11,13H,12H2,1-4H3,(H,21,22)/t13-/m1/s1. The molecule has 0 bridgehead atoms. The van der Waals surface area contributed by atoms with Crippen molar-refractivity contribution in [1.82, 2.24) is 0 Å². The molecule has 1 amide bonds. The average molecular weight is 341 g/mol. The van der Waals surface area contributed by atoms with Crippen LogP contribution < -0.4 is 19.5 Å². The molecule has 1 N–H and O–H groups in total. The predicted octanol–water partition coefficient (Wildman–Crippen LogP) is 4.12. The van der Waals surface area contributed by atoms with E-state index in [1.807, 2.05) is 24.3 Å². The van der Waals surface area contributed by atoms with Crippen molar-refractivity contribution in [2.24, 2.45) is 0 Å². The van der Waals surface area contributed by atoms with E-state index in [4.69, 9.17) is 14.2 Å². The van der Waals surface area contributed by atoms with Gasteiger partial charge in [-0.15, -0.1) is 0 Å². The summed E-state index contributed by atoms with van der Waals surface area (Å²) in [7, 11) is 0. The second kappa shape index (κ2) is 6.67. The number of carbonyl (C=O) groups excluding carboxylic acids is 1. The van der Waals surface area contributed by atoms with E-state index in [0.29, 0.717) is 22.9 Å². The maximum Gasteiger partial charge on any atom is 0.265 e. The molecular formula is C20H23NO4. The molecule has 1 heterocycles. The third kappa shape index (κ3) is 4.05. The molecule has 0 saturated heterocycles. The minimum Gasteiger partial charge on any atom is -0.481 e. The van der Waals surface area contributed by atoms with E-state index in [0.717, 1.165) is 0 Å². The van der Waals surface area contributed by atoms with Gasteiger partial charge in [0.2, 0.25) is 6.79 Å². The lowest BCUT2D eigenvalue weighted by atomic mass is 9.87. The van der Waals surface area contributed by atoms with E-state index in [9.17, 15) is 4.79 Å².